The van der Waals surface area contributed by atoms with Gasteiger partial charge in [0.15, 0.2) is 0 Å². The van der Waals surface area contributed by atoms with E-state index in [1.807, 2.05) is 6.07 Å². The molecule has 0 aliphatic carbocycles. The zero-order chi connectivity index (χ0) is 17.5. The maximum atomic E-state index is 6.44. The first-order chi connectivity index (χ1) is 12.8. The van der Waals surface area contributed by atoms with Gasteiger partial charge in [-0.2, -0.15) is 0 Å². The van der Waals surface area contributed by atoms with Crippen LogP contribution in [0.25, 0.3) is 42.4 Å². The third-order valence-corrected chi connectivity index (χ3v) is 6.06. The van der Waals surface area contributed by atoms with E-state index in [2.05, 4.69) is 84.9 Å². The first kappa shape index (κ1) is 15.6. The molecule has 26 heavy (non-hydrogen) atoms. The van der Waals surface area contributed by atoms with Gasteiger partial charge in [0.25, 0.3) is 0 Å². The molecule has 0 nitrogen and oxygen atoms in total. The highest BCUT2D eigenvalue weighted by Crippen LogP contribution is 2.42. The van der Waals surface area contributed by atoms with Crippen molar-refractivity contribution in [3.05, 3.63) is 96.0 Å². The molecule has 0 bridgehead atoms. The number of rotatable bonds is 2. The zero-order valence-electron chi connectivity index (χ0n) is 13.9. The minimum atomic E-state index is 0.784. The molecule has 0 atom stereocenters. The van der Waals surface area contributed by atoms with Crippen LogP contribution in [0.2, 0.25) is 5.02 Å². The number of hydrogen-bond donors (Lipinski definition) is 0. The van der Waals surface area contributed by atoms with E-state index in [4.69, 9.17) is 11.6 Å². The van der Waals surface area contributed by atoms with E-state index in [1.54, 1.807) is 11.3 Å². The topological polar surface area (TPSA) is 0 Å². The lowest BCUT2D eigenvalue weighted by Gasteiger charge is -2.07. The Bertz CT molecular complexity index is 1220. The molecule has 2 heteroatoms. The van der Waals surface area contributed by atoms with E-state index < -0.39 is 0 Å². The van der Waals surface area contributed by atoms with Crippen molar-refractivity contribution in [2.24, 2.45) is 0 Å². The van der Waals surface area contributed by atoms with Crippen molar-refractivity contribution in [3.8, 4) is 22.3 Å². The van der Waals surface area contributed by atoms with Crippen molar-refractivity contribution in [3.63, 3.8) is 0 Å². The number of thiophene rings is 1. The molecule has 0 fully saturated rings. The summed E-state index contributed by atoms with van der Waals surface area (Å²) in [5.74, 6) is 0. The van der Waals surface area contributed by atoms with Gasteiger partial charge in [0.1, 0.15) is 0 Å². The van der Waals surface area contributed by atoms with E-state index in [1.165, 1.54) is 42.4 Å². The van der Waals surface area contributed by atoms with Crippen LogP contribution < -0.4 is 0 Å². The van der Waals surface area contributed by atoms with E-state index in [-0.39, 0.29) is 0 Å². The van der Waals surface area contributed by atoms with E-state index >= 15 is 0 Å². The fraction of sp³-hybridized carbons (Fsp3) is 0. The van der Waals surface area contributed by atoms with Crippen molar-refractivity contribution in [2.75, 3.05) is 0 Å². The molecule has 0 saturated carbocycles. The fourth-order valence-electron chi connectivity index (χ4n) is 3.53. The Kier molecular flexibility index (Phi) is 3.77. The highest BCUT2D eigenvalue weighted by atomic mass is 35.5. The molecular weight excluding hydrogens is 356 g/mol. The third-order valence-electron chi connectivity index (χ3n) is 4.73. The maximum absolute atomic E-state index is 6.44. The lowest BCUT2D eigenvalue weighted by molar-refractivity contribution is 1.65. The summed E-state index contributed by atoms with van der Waals surface area (Å²) >= 11 is 8.24. The Hall–Kier alpha value is -2.61. The molecule has 0 saturated heterocycles. The highest BCUT2D eigenvalue weighted by Gasteiger charge is 2.13. The Morgan fingerprint density at radius 3 is 2.00 bits per heavy atom. The van der Waals surface area contributed by atoms with Crippen LogP contribution in [0.3, 0.4) is 0 Å². The van der Waals surface area contributed by atoms with Gasteiger partial charge >= 0.3 is 0 Å². The molecule has 0 N–H and O–H groups in total. The summed E-state index contributed by atoms with van der Waals surface area (Å²) in [6.07, 6.45) is 0. The third kappa shape index (κ3) is 2.61. The van der Waals surface area contributed by atoms with Gasteiger partial charge in [-0.3, -0.25) is 0 Å². The predicted molar refractivity (Wildman–Crippen MR) is 115 cm³/mol. The lowest BCUT2D eigenvalue weighted by Crippen LogP contribution is -1.81. The van der Waals surface area contributed by atoms with Crippen LogP contribution >= 0.6 is 22.9 Å². The molecule has 5 aromatic rings. The first-order valence-electron chi connectivity index (χ1n) is 8.56. The second-order valence-corrected chi connectivity index (χ2v) is 7.89. The normalized spacial score (nSPS) is 11.3. The van der Waals surface area contributed by atoms with E-state index in [0.29, 0.717) is 0 Å². The van der Waals surface area contributed by atoms with E-state index in [0.717, 1.165) is 5.02 Å². The lowest BCUT2D eigenvalue weighted by atomic mass is 9.97. The van der Waals surface area contributed by atoms with Gasteiger partial charge in [-0.25, -0.2) is 0 Å². The molecule has 5 rings (SSSR count). The van der Waals surface area contributed by atoms with Crippen molar-refractivity contribution in [1.29, 1.82) is 0 Å². The van der Waals surface area contributed by atoms with Crippen LogP contribution in [0, 0.1) is 0 Å². The molecule has 124 valence electrons. The van der Waals surface area contributed by atoms with Crippen LogP contribution in [0.15, 0.2) is 91.0 Å². The summed E-state index contributed by atoms with van der Waals surface area (Å²) in [4.78, 5) is 0. The first-order valence-corrected chi connectivity index (χ1v) is 9.76. The van der Waals surface area contributed by atoms with E-state index in [9.17, 15) is 0 Å². The van der Waals surface area contributed by atoms with Crippen LogP contribution in [-0.2, 0) is 0 Å². The van der Waals surface area contributed by atoms with Crippen molar-refractivity contribution in [2.45, 2.75) is 0 Å². The largest absolute Gasteiger partial charge is 0.135 e. The molecular formula is C24H15ClS. The number of benzene rings is 4. The zero-order valence-corrected chi connectivity index (χ0v) is 15.5. The summed E-state index contributed by atoms with van der Waals surface area (Å²) in [6, 6.07) is 31.9. The number of hydrogen-bond acceptors (Lipinski definition) is 1. The monoisotopic (exact) mass is 370 g/mol. The molecule has 0 amide bonds. The smallest absolute Gasteiger partial charge is 0.0426 e. The summed E-state index contributed by atoms with van der Waals surface area (Å²) in [5.41, 5.74) is 4.88. The number of fused-ring (bicyclic) bond motifs is 3. The molecule has 4 aromatic carbocycles. The Balaban J connectivity index is 1.85. The van der Waals surface area contributed by atoms with Crippen molar-refractivity contribution in [1.82, 2.24) is 0 Å². The van der Waals surface area contributed by atoms with Gasteiger partial charge in [-0.1, -0.05) is 78.3 Å². The minimum absolute atomic E-state index is 0.784. The van der Waals surface area contributed by atoms with Gasteiger partial charge in [0.05, 0.1) is 0 Å². The standard InChI is InChI=1S/C24H15ClS/c25-19-14-20(17-9-5-2-6-10-17)24-21-13-18(16-7-3-1-4-8-16)11-12-22(21)26-23(24)15-19/h1-15H. The SMILES string of the molecule is Clc1cc(-c2ccccc2)c2c(c1)sc1ccc(-c3ccccc3)cc12. The van der Waals surface area contributed by atoms with Gasteiger partial charge in [0.2, 0.25) is 0 Å². The van der Waals surface area contributed by atoms with Gasteiger partial charge < -0.3 is 0 Å². The molecule has 1 aromatic heterocycles. The van der Waals surface area contributed by atoms with Gasteiger partial charge in [0, 0.05) is 25.2 Å². The molecule has 0 spiro atoms. The Labute approximate surface area is 161 Å². The Morgan fingerprint density at radius 1 is 0.577 bits per heavy atom. The minimum Gasteiger partial charge on any atom is -0.135 e. The molecule has 0 aliphatic rings. The second kappa shape index (κ2) is 6.28. The number of halogens is 1. The molecule has 0 radical (unpaired) electrons. The molecule has 0 aliphatic heterocycles. The van der Waals surface area contributed by atoms with Crippen LogP contribution in [-0.4, -0.2) is 0 Å². The average molecular weight is 371 g/mol. The molecule has 0 unspecified atom stereocenters. The fourth-order valence-corrected chi connectivity index (χ4v) is 4.96. The molecule has 1 heterocycles. The predicted octanol–water partition coefficient (Wildman–Crippen LogP) is 8.04. The highest BCUT2D eigenvalue weighted by molar-refractivity contribution is 7.26. The summed E-state index contributed by atoms with van der Waals surface area (Å²) in [7, 11) is 0. The Morgan fingerprint density at radius 2 is 1.27 bits per heavy atom. The summed E-state index contributed by atoms with van der Waals surface area (Å²) < 4.78 is 2.52. The van der Waals surface area contributed by atoms with Gasteiger partial charge in [-0.05, 0) is 46.5 Å². The van der Waals surface area contributed by atoms with Crippen molar-refractivity contribution >= 4 is 43.1 Å². The van der Waals surface area contributed by atoms with Crippen LogP contribution in [0.4, 0.5) is 0 Å². The van der Waals surface area contributed by atoms with Gasteiger partial charge in [-0.15, -0.1) is 11.3 Å². The van der Waals surface area contributed by atoms with Crippen LogP contribution in [0.1, 0.15) is 0 Å². The summed E-state index contributed by atoms with van der Waals surface area (Å²) in [6.45, 7) is 0. The van der Waals surface area contributed by atoms with Crippen LogP contribution in [0.5, 0.6) is 0 Å². The quantitative estimate of drug-likeness (QED) is 0.295. The summed E-state index contributed by atoms with van der Waals surface area (Å²) in [5, 5.41) is 3.37. The average Bonchev–Trinajstić information content (AvgIpc) is 3.06. The maximum Gasteiger partial charge on any atom is 0.0426 e. The second-order valence-electron chi connectivity index (χ2n) is 6.37. The van der Waals surface area contributed by atoms with Crippen molar-refractivity contribution < 1.29 is 0 Å².